The van der Waals surface area contributed by atoms with Gasteiger partial charge < -0.3 is 10.3 Å². The van der Waals surface area contributed by atoms with Crippen LogP contribution in [0.1, 0.15) is 5.82 Å². The highest BCUT2D eigenvalue weighted by Crippen LogP contribution is 2.21. The molecule has 15 heavy (non-hydrogen) atoms. The van der Waals surface area contributed by atoms with Gasteiger partial charge in [-0.1, -0.05) is 30.3 Å². The maximum atomic E-state index is 5.86. The molecule has 1 aliphatic rings. The first-order valence-corrected chi connectivity index (χ1v) is 5.20. The predicted molar refractivity (Wildman–Crippen MR) is 59.3 cm³/mol. The molecule has 0 saturated heterocycles. The smallest absolute Gasteiger partial charge is 0.111 e. The van der Waals surface area contributed by atoms with Crippen LogP contribution in [0.15, 0.2) is 36.5 Å². The number of benzene rings is 1. The number of nitrogens with zero attached hydrogens (tertiary/aromatic N) is 2. The van der Waals surface area contributed by atoms with Crippen molar-refractivity contribution in [1.82, 2.24) is 9.55 Å². The molecule has 76 valence electrons. The van der Waals surface area contributed by atoms with Crippen LogP contribution < -0.4 is 5.73 Å². The number of hydrogen-bond acceptors (Lipinski definition) is 2. The summed E-state index contributed by atoms with van der Waals surface area (Å²) in [5.74, 6) is 1.11. The predicted octanol–water partition coefficient (Wildman–Crippen LogP) is 1.43. The van der Waals surface area contributed by atoms with Crippen LogP contribution in [0.25, 0.3) is 11.3 Å². The minimum Gasteiger partial charge on any atom is -0.333 e. The van der Waals surface area contributed by atoms with E-state index in [2.05, 4.69) is 27.9 Å². The van der Waals surface area contributed by atoms with E-state index in [0.29, 0.717) is 0 Å². The van der Waals surface area contributed by atoms with Crippen molar-refractivity contribution in [3.05, 3.63) is 42.4 Å². The average molecular weight is 199 g/mol. The lowest BCUT2D eigenvalue weighted by Gasteiger charge is -1.99. The van der Waals surface area contributed by atoms with E-state index in [1.54, 1.807) is 0 Å². The average Bonchev–Trinajstić information content (AvgIpc) is 2.76. The van der Waals surface area contributed by atoms with Crippen molar-refractivity contribution < 1.29 is 0 Å². The van der Waals surface area contributed by atoms with Crippen molar-refractivity contribution in [2.45, 2.75) is 19.0 Å². The van der Waals surface area contributed by atoms with Crippen LogP contribution in [0, 0.1) is 0 Å². The Morgan fingerprint density at radius 2 is 2.07 bits per heavy atom. The number of imidazole rings is 1. The summed E-state index contributed by atoms with van der Waals surface area (Å²) in [5, 5.41) is 0. The van der Waals surface area contributed by atoms with Gasteiger partial charge in [0.1, 0.15) is 5.82 Å². The van der Waals surface area contributed by atoms with Crippen LogP contribution in [-0.2, 0) is 13.0 Å². The van der Waals surface area contributed by atoms with Gasteiger partial charge in [-0.25, -0.2) is 4.98 Å². The van der Waals surface area contributed by atoms with Gasteiger partial charge in [0.25, 0.3) is 0 Å². The summed E-state index contributed by atoms with van der Waals surface area (Å²) in [4.78, 5) is 4.59. The monoisotopic (exact) mass is 199 g/mol. The minimum absolute atomic E-state index is 0.248. The molecule has 0 aliphatic carbocycles. The van der Waals surface area contributed by atoms with Crippen molar-refractivity contribution in [3.8, 4) is 11.3 Å². The van der Waals surface area contributed by atoms with Gasteiger partial charge in [-0.2, -0.15) is 0 Å². The molecule has 2 aromatic rings. The maximum absolute atomic E-state index is 5.86. The summed E-state index contributed by atoms with van der Waals surface area (Å²) in [5.41, 5.74) is 8.08. The van der Waals surface area contributed by atoms with Crippen LogP contribution in [-0.4, -0.2) is 15.6 Å². The second kappa shape index (κ2) is 3.21. The Hall–Kier alpha value is -1.61. The molecule has 3 heteroatoms. The molecule has 1 aromatic heterocycles. The third kappa shape index (κ3) is 1.45. The normalized spacial score (nSPS) is 19.1. The molecule has 3 rings (SSSR count). The van der Waals surface area contributed by atoms with E-state index in [0.717, 1.165) is 24.5 Å². The van der Waals surface area contributed by atoms with Gasteiger partial charge in [0, 0.05) is 30.8 Å². The summed E-state index contributed by atoms with van der Waals surface area (Å²) < 4.78 is 2.16. The molecule has 1 atom stereocenters. The third-order valence-electron chi connectivity index (χ3n) is 2.80. The zero-order chi connectivity index (χ0) is 10.3. The summed E-state index contributed by atoms with van der Waals surface area (Å²) in [6.07, 6.45) is 2.99. The first-order chi connectivity index (χ1) is 7.33. The highest BCUT2D eigenvalue weighted by atomic mass is 15.1. The van der Waals surface area contributed by atoms with E-state index in [1.165, 1.54) is 5.56 Å². The molecular formula is C12H13N3. The molecule has 1 aliphatic heterocycles. The third-order valence-corrected chi connectivity index (χ3v) is 2.80. The van der Waals surface area contributed by atoms with Crippen LogP contribution in [0.4, 0.5) is 0 Å². The standard InChI is InChI=1S/C12H13N3/c13-10-6-12-14-11(8-15(12)7-10)9-4-2-1-3-5-9/h1-5,8,10H,6-7,13H2. The van der Waals surface area contributed by atoms with Crippen LogP contribution in [0.2, 0.25) is 0 Å². The Labute approximate surface area is 88.6 Å². The second-order valence-electron chi connectivity index (χ2n) is 4.02. The van der Waals surface area contributed by atoms with E-state index in [4.69, 9.17) is 5.73 Å². The van der Waals surface area contributed by atoms with Crippen LogP contribution in [0.5, 0.6) is 0 Å². The van der Waals surface area contributed by atoms with Crippen molar-refractivity contribution >= 4 is 0 Å². The molecule has 0 spiro atoms. The minimum atomic E-state index is 0.248. The van der Waals surface area contributed by atoms with Gasteiger partial charge in [-0.3, -0.25) is 0 Å². The van der Waals surface area contributed by atoms with Crippen molar-refractivity contribution in [1.29, 1.82) is 0 Å². The molecule has 1 unspecified atom stereocenters. The summed E-state index contributed by atoms with van der Waals surface area (Å²) >= 11 is 0. The lowest BCUT2D eigenvalue weighted by molar-refractivity contribution is 0.641. The fourth-order valence-electron chi connectivity index (χ4n) is 2.07. The SMILES string of the molecule is NC1Cc2nc(-c3ccccc3)cn2C1. The highest BCUT2D eigenvalue weighted by molar-refractivity contribution is 5.58. The van der Waals surface area contributed by atoms with Gasteiger partial charge in [0.2, 0.25) is 0 Å². The maximum Gasteiger partial charge on any atom is 0.111 e. The Bertz CT molecular complexity index is 449. The quantitative estimate of drug-likeness (QED) is 0.755. The number of aromatic nitrogens is 2. The Balaban J connectivity index is 2.00. The molecule has 0 saturated carbocycles. The molecule has 0 amide bonds. The van der Waals surface area contributed by atoms with Gasteiger partial charge in [-0.05, 0) is 0 Å². The lowest BCUT2D eigenvalue weighted by Crippen LogP contribution is -2.20. The number of hydrogen-bond donors (Lipinski definition) is 1. The Kier molecular flexibility index (Phi) is 1.86. The number of nitrogens with two attached hydrogens (primary N) is 1. The molecule has 3 nitrogen and oxygen atoms in total. The first-order valence-electron chi connectivity index (χ1n) is 5.20. The second-order valence-corrected chi connectivity index (χ2v) is 4.02. The molecular weight excluding hydrogens is 186 g/mol. The van der Waals surface area contributed by atoms with Gasteiger partial charge in [-0.15, -0.1) is 0 Å². The molecule has 0 fully saturated rings. The molecule has 0 radical (unpaired) electrons. The van der Waals surface area contributed by atoms with E-state index >= 15 is 0 Å². The summed E-state index contributed by atoms with van der Waals surface area (Å²) in [6, 6.07) is 10.5. The van der Waals surface area contributed by atoms with Gasteiger partial charge in [0.05, 0.1) is 5.69 Å². The fourth-order valence-corrected chi connectivity index (χ4v) is 2.07. The molecule has 0 bridgehead atoms. The Morgan fingerprint density at radius 3 is 2.80 bits per heavy atom. The van der Waals surface area contributed by atoms with Crippen LogP contribution >= 0.6 is 0 Å². The number of rotatable bonds is 1. The highest BCUT2D eigenvalue weighted by Gasteiger charge is 2.20. The van der Waals surface area contributed by atoms with E-state index in [1.807, 2.05) is 18.2 Å². The van der Waals surface area contributed by atoms with E-state index < -0.39 is 0 Å². The number of fused-ring (bicyclic) bond motifs is 1. The van der Waals surface area contributed by atoms with E-state index in [9.17, 15) is 0 Å². The van der Waals surface area contributed by atoms with Crippen LogP contribution in [0.3, 0.4) is 0 Å². The Morgan fingerprint density at radius 1 is 1.27 bits per heavy atom. The molecule has 1 aromatic carbocycles. The van der Waals surface area contributed by atoms with E-state index in [-0.39, 0.29) is 6.04 Å². The summed E-state index contributed by atoms with van der Waals surface area (Å²) in [6.45, 7) is 0.898. The summed E-state index contributed by atoms with van der Waals surface area (Å²) in [7, 11) is 0. The van der Waals surface area contributed by atoms with Gasteiger partial charge in [0.15, 0.2) is 0 Å². The first kappa shape index (κ1) is 8.68. The topological polar surface area (TPSA) is 43.8 Å². The zero-order valence-electron chi connectivity index (χ0n) is 8.43. The lowest BCUT2D eigenvalue weighted by atomic mass is 10.2. The zero-order valence-corrected chi connectivity index (χ0v) is 8.43. The van der Waals surface area contributed by atoms with Crippen molar-refractivity contribution in [2.75, 3.05) is 0 Å². The van der Waals surface area contributed by atoms with Crippen molar-refractivity contribution in [2.24, 2.45) is 5.73 Å². The van der Waals surface area contributed by atoms with Crippen molar-refractivity contribution in [3.63, 3.8) is 0 Å². The molecule has 2 heterocycles. The van der Waals surface area contributed by atoms with Gasteiger partial charge >= 0.3 is 0 Å². The molecule has 2 N–H and O–H groups in total. The fraction of sp³-hybridized carbons (Fsp3) is 0.250. The largest absolute Gasteiger partial charge is 0.333 e.